The van der Waals surface area contributed by atoms with Gasteiger partial charge in [-0.3, -0.25) is 4.79 Å². The molecule has 0 aliphatic heterocycles. The van der Waals surface area contributed by atoms with Gasteiger partial charge in [0.2, 0.25) is 11.8 Å². The molecule has 1 aromatic heterocycles. The van der Waals surface area contributed by atoms with E-state index in [9.17, 15) is 4.79 Å². The Morgan fingerprint density at radius 3 is 2.72 bits per heavy atom. The number of hydrogen-bond acceptors (Lipinski definition) is 4. The molecule has 154 valence electrons. The zero-order valence-corrected chi connectivity index (χ0v) is 17.8. The first kappa shape index (κ1) is 22.8. The Balaban J connectivity index is 0.00000150. The summed E-state index contributed by atoms with van der Waals surface area (Å²) in [7, 11) is 0. The van der Waals surface area contributed by atoms with Gasteiger partial charge in [0.25, 0.3) is 0 Å². The highest BCUT2D eigenvalue weighted by atomic mass is 35.5. The van der Waals surface area contributed by atoms with Crippen LogP contribution in [0.15, 0.2) is 52.9 Å². The molecule has 0 bridgehead atoms. The standard InChI is InChI=1S/C22H23N3O2.2ClH/c1-14-20(25-22(27-14)15-6-3-2-4-7-15)13-21(26)24-19-9-5-8-16-12-17(23)10-11-18(16)19;;/h2-4,6-7,10-12,19H,5,8-9,13,23H2,1H3,(H,24,26);2*1H. The number of halogens is 2. The van der Waals surface area contributed by atoms with E-state index in [1.54, 1.807) is 0 Å². The summed E-state index contributed by atoms with van der Waals surface area (Å²) in [4.78, 5) is 17.2. The van der Waals surface area contributed by atoms with Gasteiger partial charge in [0.05, 0.1) is 18.2 Å². The van der Waals surface area contributed by atoms with E-state index in [4.69, 9.17) is 10.2 Å². The van der Waals surface area contributed by atoms with E-state index in [0.29, 0.717) is 17.3 Å². The Labute approximate surface area is 182 Å². The number of hydrogen-bond donors (Lipinski definition) is 2. The van der Waals surface area contributed by atoms with Crippen LogP contribution in [0.4, 0.5) is 5.69 Å². The third-order valence-electron chi connectivity index (χ3n) is 5.06. The van der Waals surface area contributed by atoms with Gasteiger partial charge in [-0.15, -0.1) is 24.8 Å². The molecular weight excluding hydrogens is 409 g/mol. The number of aromatic nitrogens is 1. The lowest BCUT2D eigenvalue weighted by Gasteiger charge is -2.26. The van der Waals surface area contributed by atoms with Crippen molar-refractivity contribution in [1.29, 1.82) is 0 Å². The molecule has 29 heavy (non-hydrogen) atoms. The smallest absolute Gasteiger partial charge is 0.226 e. The molecule has 0 fully saturated rings. The number of benzene rings is 2. The van der Waals surface area contributed by atoms with E-state index in [1.807, 2.05) is 55.5 Å². The minimum absolute atomic E-state index is 0. The summed E-state index contributed by atoms with van der Waals surface area (Å²) in [5, 5.41) is 3.16. The lowest BCUT2D eigenvalue weighted by molar-refractivity contribution is -0.121. The van der Waals surface area contributed by atoms with Gasteiger partial charge >= 0.3 is 0 Å². The quantitative estimate of drug-likeness (QED) is 0.578. The first-order chi connectivity index (χ1) is 13.1. The average molecular weight is 434 g/mol. The molecule has 1 unspecified atom stereocenters. The molecule has 4 rings (SSSR count). The molecule has 0 saturated heterocycles. The van der Waals surface area contributed by atoms with Crippen LogP contribution >= 0.6 is 24.8 Å². The minimum atomic E-state index is -0.0410. The number of amides is 1. The lowest BCUT2D eigenvalue weighted by Crippen LogP contribution is -2.32. The second-order valence-corrected chi connectivity index (χ2v) is 7.04. The monoisotopic (exact) mass is 433 g/mol. The van der Waals surface area contributed by atoms with E-state index in [1.165, 1.54) is 11.1 Å². The van der Waals surface area contributed by atoms with Gasteiger partial charge in [0.1, 0.15) is 5.76 Å². The Hall–Kier alpha value is -2.50. The van der Waals surface area contributed by atoms with Crippen molar-refractivity contribution in [1.82, 2.24) is 10.3 Å². The van der Waals surface area contributed by atoms with E-state index in [0.717, 1.165) is 30.5 Å². The van der Waals surface area contributed by atoms with E-state index < -0.39 is 0 Å². The van der Waals surface area contributed by atoms with Crippen LogP contribution in [0.1, 0.15) is 41.5 Å². The van der Waals surface area contributed by atoms with Crippen molar-refractivity contribution in [2.24, 2.45) is 0 Å². The van der Waals surface area contributed by atoms with Crippen molar-refractivity contribution in [3.05, 3.63) is 71.1 Å². The lowest BCUT2D eigenvalue weighted by atomic mass is 9.87. The number of nitrogen functional groups attached to an aromatic ring is 1. The predicted octanol–water partition coefficient (Wildman–Crippen LogP) is 4.81. The summed E-state index contributed by atoms with van der Waals surface area (Å²) < 4.78 is 5.76. The maximum absolute atomic E-state index is 12.6. The molecule has 3 N–H and O–H groups in total. The van der Waals surface area contributed by atoms with Crippen molar-refractivity contribution < 1.29 is 9.21 Å². The Morgan fingerprint density at radius 1 is 1.21 bits per heavy atom. The van der Waals surface area contributed by atoms with Crippen molar-refractivity contribution in [2.45, 2.75) is 38.6 Å². The van der Waals surface area contributed by atoms with Gasteiger partial charge < -0.3 is 15.5 Å². The molecular formula is C22H25Cl2N3O2. The maximum Gasteiger partial charge on any atom is 0.226 e. The second-order valence-electron chi connectivity index (χ2n) is 7.04. The first-order valence-electron chi connectivity index (χ1n) is 9.29. The first-order valence-corrected chi connectivity index (χ1v) is 9.29. The predicted molar refractivity (Wildman–Crippen MR) is 120 cm³/mol. The van der Waals surface area contributed by atoms with Gasteiger partial charge in [-0.25, -0.2) is 4.98 Å². The number of nitrogens with one attached hydrogen (secondary N) is 1. The SMILES string of the molecule is Cc1oc(-c2ccccc2)nc1CC(=O)NC1CCCc2cc(N)ccc21.Cl.Cl. The second kappa shape index (κ2) is 9.81. The van der Waals surface area contributed by atoms with Crippen LogP contribution in [-0.4, -0.2) is 10.9 Å². The van der Waals surface area contributed by atoms with Gasteiger partial charge in [-0.05, 0) is 61.6 Å². The summed E-state index contributed by atoms with van der Waals surface area (Å²) in [6.45, 7) is 1.85. The van der Waals surface area contributed by atoms with E-state index >= 15 is 0 Å². The molecule has 3 aromatic rings. The average Bonchev–Trinajstić information content (AvgIpc) is 3.03. The van der Waals surface area contributed by atoms with Crippen LogP contribution in [0.3, 0.4) is 0 Å². The minimum Gasteiger partial charge on any atom is -0.441 e. The van der Waals surface area contributed by atoms with Gasteiger partial charge in [0, 0.05) is 11.3 Å². The summed E-state index contributed by atoms with van der Waals surface area (Å²) in [6.07, 6.45) is 3.21. The molecule has 1 aliphatic rings. The maximum atomic E-state index is 12.6. The van der Waals surface area contributed by atoms with Crippen LogP contribution in [-0.2, 0) is 17.6 Å². The van der Waals surface area contributed by atoms with Crippen LogP contribution in [0, 0.1) is 6.92 Å². The molecule has 1 heterocycles. The normalized spacial score (nSPS) is 14.9. The van der Waals surface area contributed by atoms with Crippen molar-refractivity contribution in [3.8, 4) is 11.5 Å². The topological polar surface area (TPSA) is 81.2 Å². The summed E-state index contributed by atoms with van der Waals surface area (Å²) >= 11 is 0. The fourth-order valence-electron chi connectivity index (χ4n) is 3.68. The van der Waals surface area contributed by atoms with E-state index in [-0.39, 0.29) is 43.2 Å². The molecule has 5 nitrogen and oxygen atoms in total. The van der Waals surface area contributed by atoms with Crippen LogP contribution in [0.25, 0.3) is 11.5 Å². The number of carbonyl (C=O) groups excluding carboxylic acids is 1. The number of carbonyl (C=O) groups is 1. The largest absolute Gasteiger partial charge is 0.441 e. The zero-order valence-electron chi connectivity index (χ0n) is 16.2. The van der Waals surface area contributed by atoms with Crippen LogP contribution in [0.5, 0.6) is 0 Å². The van der Waals surface area contributed by atoms with Crippen molar-refractivity contribution in [2.75, 3.05) is 5.73 Å². The molecule has 0 spiro atoms. The Morgan fingerprint density at radius 2 is 1.97 bits per heavy atom. The third kappa shape index (κ3) is 5.11. The molecule has 1 amide bonds. The molecule has 1 atom stereocenters. The number of fused-ring (bicyclic) bond motifs is 1. The molecule has 2 aromatic carbocycles. The van der Waals surface area contributed by atoms with Gasteiger partial charge in [-0.1, -0.05) is 24.3 Å². The van der Waals surface area contributed by atoms with Gasteiger partial charge in [-0.2, -0.15) is 0 Å². The zero-order chi connectivity index (χ0) is 18.8. The summed E-state index contributed by atoms with van der Waals surface area (Å²) in [5.74, 6) is 1.19. The number of nitrogens with zero attached hydrogens (tertiary/aromatic N) is 1. The molecule has 1 aliphatic carbocycles. The van der Waals surface area contributed by atoms with Crippen molar-refractivity contribution >= 4 is 36.4 Å². The third-order valence-corrected chi connectivity index (χ3v) is 5.06. The van der Waals surface area contributed by atoms with Gasteiger partial charge in [0.15, 0.2) is 0 Å². The number of aryl methyl sites for hydroxylation is 2. The highest BCUT2D eigenvalue weighted by Crippen LogP contribution is 2.31. The molecule has 7 heteroatoms. The summed E-state index contributed by atoms with van der Waals surface area (Å²) in [6, 6.07) is 15.7. The Kier molecular flexibility index (Phi) is 7.71. The molecule has 0 saturated carbocycles. The summed E-state index contributed by atoms with van der Waals surface area (Å²) in [5.41, 5.74) is 10.7. The van der Waals surface area contributed by atoms with E-state index in [2.05, 4.69) is 10.3 Å². The molecule has 0 radical (unpaired) electrons. The van der Waals surface area contributed by atoms with Crippen LogP contribution < -0.4 is 11.1 Å². The number of anilines is 1. The fraction of sp³-hybridized carbons (Fsp3) is 0.273. The van der Waals surface area contributed by atoms with Crippen LogP contribution in [0.2, 0.25) is 0 Å². The highest BCUT2D eigenvalue weighted by molar-refractivity contribution is 5.85. The number of rotatable bonds is 4. The number of nitrogens with two attached hydrogens (primary N) is 1. The number of oxazole rings is 1. The van der Waals surface area contributed by atoms with Crippen molar-refractivity contribution in [3.63, 3.8) is 0 Å². The fourth-order valence-corrected chi connectivity index (χ4v) is 3.68. The highest BCUT2D eigenvalue weighted by Gasteiger charge is 2.23. The Bertz CT molecular complexity index is 973.